The Balaban J connectivity index is 1.77. The van der Waals surface area contributed by atoms with E-state index in [1.807, 2.05) is 19.1 Å². The molecule has 0 amide bonds. The van der Waals surface area contributed by atoms with Crippen LogP contribution in [0.25, 0.3) is 0 Å². The summed E-state index contributed by atoms with van der Waals surface area (Å²) in [7, 11) is 0. The molecule has 6 heteroatoms. The van der Waals surface area contributed by atoms with Gasteiger partial charge in [-0.25, -0.2) is 4.79 Å². The van der Waals surface area contributed by atoms with Crippen molar-refractivity contribution in [3.8, 4) is 0 Å². The van der Waals surface area contributed by atoms with E-state index >= 15 is 0 Å². The van der Waals surface area contributed by atoms with Gasteiger partial charge in [0.05, 0.1) is 12.2 Å². The summed E-state index contributed by atoms with van der Waals surface area (Å²) in [5, 5.41) is 7.71. The number of carbonyl (C=O) groups is 1. The van der Waals surface area contributed by atoms with Crippen LogP contribution in [0.1, 0.15) is 65.9 Å². The molecular formula is C21H26N2O2S2. The number of fused-ring (bicyclic) bond motifs is 1. The average molecular weight is 403 g/mol. The number of thiocarbonyl (C=S) groups is 1. The van der Waals surface area contributed by atoms with Gasteiger partial charge in [-0.1, -0.05) is 26.0 Å². The Hall–Kier alpha value is -1.92. The van der Waals surface area contributed by atoms with Gasteiger partial charge >= 0.3 is 5.97 Å². The Bertz CT molecular complexity index is 825. The third kappa shape index (κ3) is 4.68. The molecule has 1 aliphatic carbocycles. The number of aryl methyl sites for hydroxylation is 1. The van der Waals surface area contributed by atoms with E-state index in [0.29, 0.717) is 23.2 Å². The van der Waals surface area contributed by atoms with Gasteiger partial charge in [0.1, 0.15) is 5.00 Å². The first kappa shape index (κ1) is 19.8. The first-order chi connectivity index (χ1) is 13.0. The highest BCUT2D eigenvalue weighted by atomic mass is 32.1. The second-order valence-corrected chi connectivity index (χ2v) is 8.50. The van der Waals surface area contributed by atoms with E-state index in [1.54, 1.807) is 11.3 Å². The molecular weight excluding hydrogens is 376 g/mol. The van der Waals surface area contributed by atoms with E-state index in [-0.39, 0.29) is 5.97 Å². The number of hydrogen-bond donors (Lipinski definition) is 2. The van der Waals surface area contributed by atoms with Crippen LogP contribution < -0.4 is 10.6 Å². The molecule has 3 rings (SSSR count). The molecule has 2 aromatic rings. The van der Waals surface area contributed by atoms with Crippen LogP contribution in [0.4, 0.5) is 10.7 Å². The van der Waals surface area contributed by atoms with Crippen molar-refractivity contribution in [1.82, 2.24) is 0 Å². The van der Waals surface area contributed by atoms with E-state index in [1.165, 1.54) is 16.9 Å². The van der Waals surface area contributed by atoms with Gasteiger partial charge in [0.15, 0.2) is 5.11 Å². The molecule has 2 N–H and O–H groups in total. The molecule has 0 atom stereocenters. The zero-order valence-electron chi connectivity index (χ0n) is 16.1. The zero-order valence-corrected chi connectivity index (χ0v) is 17.7. The van der Waals surface area contributed by atoms with Crippen molar-refractivity contribution in [3.63, 3.8) is 0 Å². The van der Waals surface area contributed by atoms with Crippen molar-refractivity contribution in [2.45, 2.75) is 52.4 Å². The van der Waals surface area contributed by atoms with Crippen LogP contribution in [-0.2, 0) is 17.6 Å². The van der Waals surface area contributed by atoms with Crippen LogP contribution >= 0.6 is 23.6 Å². The highest BCUT2D eigenvalue weighted by Crippen LogP contribution is 2.38. The Morgan fingerprint density at radius 1 is 1.19 bits per heavy atom. The molecule has 144 valence electrons. The molecule has 1 aliphatic rings. The number of benzene rings is 1. The topological polar surface area (TPSA) is 50.4 Å². The second-order valence-electron chi connectivity index (χ2n) is 6.99. The lowest BCUT2D eigenvalue weighted by Crippen LogP contribution is -2.20. The molecule has 1 aromatic carbocycles. The molecule has 1 aromatic heterocycles. The number of esters is 1. The van der Waals surface area contributed by atoms with Crippen molar-refractivity contribution in [2.75, 3.05) is 17.2 Å². The van der Waals surface area contributed by atoms with Crippen LogP contribution in [-0.4, -0.2) is 17.7 Å². The fourth-order valence-electron chi connectivity index (χ4n) is 3.29. The van der Waals surface area contributed by atoms with Crippen LogP contribution in [0.15, 0.2) is 24.3 Å². The van der Waals surface area contributed by atoms with Gasteiger partial charge in [-0.15, -0.1) is 11.3 Å². The highest BCUT2D eigenvalue weighted by molar-refractivity contribution is 7.80. The predicted molar refractivity (Wildman–Crippen MR) is 117 cm³/mol. The molecule has 27 heavy (non-hydrogen) atoms. The quantitative estimate of drug-likeness (QED) is 0.494. The van der Waals surface area contributed by atoms with Crippen LogP contribution in [0, 0.1) is 0 Å². The van der Waals surface area contributed by atoms with Crippen LogP contribution in [0.3, 0.4) is 0 Å². The highest BCUT2D eigenvalue weighted by Gasteiger charge is 2.26. The van der Waals surface area contributed by atoms with Crippen molar-refractivity contribution in [3.05, 3.63) is 45.8 Å². The van der Waals surface area contributed by atoms with E-state index in [4.69, 9.17) is 17.0 Å². The molecule has 0 unspecified atom stereocenters. The number of hydrogen-bond acceptors (Lipinski definition) is 4. The number of rotatable bonds is 5. The Morgan fingerprint density at radius 2 is 1.89 bits per heavy atom. The largest absolute Gasteiger partial charge is 0.462 e. The lowest BCUT2D eigenvalue weighted by molar-refractivity contribution is 0.0526. The smallest absolute Gasteiger partial charge is 0.341 e. The number of nitrogens with one attached hydrogen (secondary N) is 2. The molecule has 0 saturated carbocycles. The molecule has 0 aliphatic heterocycles. The average Bonchev–Trinajstić information content (AvgIpc) is 3.00. The summed E-state index contributed by atoms with van der Waals surface area (Å²) in [5.74, 6) is 0.234. The summed E-state index contributed by atoms with van der Waals surface area (Å²) in [6.45, 7) is 6.54. The second kappa shape index (κ2) is 8.85. The Labute approximate surface area is 170 Å². The fraction of sp³-hybridized carbons (Fsp3) is 0.429. The third-order valence-corrected chi connectivity index (χ3v) is 6.12. The first-order valence-corrected chi connectivity index (χ1v) is 10.7. The summed E-state index contributed by atoms with van der Waals surface area (Å²) in [4.78, 5) is 13.8. The number of carbonyl (C=O) groups excluding carboxylic acids is 1. The molecule has 0 spiro atoms. The molecule has 0 saturated heterocycles. The summed E-state index contributed by atoms with van der Waals surface area (Å²) < 4.78 is 5.29. The van der Waals surface area contributed by atoms with Gasteiger partial charge in [-0.2, -0.15) is 0 Å². The lowest BCUT2D eigenvalue weighted by atomic mass is 9.95. The van der Waals surface area contributed by atoms with E-state index in [2.05, 4.69) is 36.6 Å². The summed E-state index contributed by atoms with van der Waals surface area (Å²) in [6, 6.07) is 8.25. The number of thiophene rings is 1. The summed E-state index contributed by atoms with van der Waals surface area (Å²) >= 11 is 7.11. The van der Waals surface area contributed by atoms with E-state index < -0.39 is 0 Å². The minimum Gasteiger partial charge on any atom is -0.462 e. The molecule has 0 radical (unpaired) electrons. The maximum atomic E-state index is 12.5. The van der Waals surface area contributed by atoms with Crippen molar-refractivity contribution in [2.24, 2.45) is 0 Å². The van der Waals surface area contributed by atoms with Gasteiger partial charge in [-0.05, 0) is 74.0 Å². The SMILES string of the molecule is CCOC(=O)c1c(NC(=S)Nc2ccc(C(C)C)cc2)sc2c1CCCC2. The molecule has 1 heterocycles. The Morgan fingerprint density at radius 3 is 2.56 bits per heavy atom. The minimum absolute atomic E-state index is 0.261. The monoisotopic (exact) mass is 402 g/mol. The van der Waals surface area contributed by atoms with Gasteiger partial charge < -0.3 is 15.4 Å². The zero-order chi connectivity index (χ0) is 19.4. The van der Waals surface area contributed by atoms with E-state index in [9.17, 15) is 4.79 Å². The molecule has 0 bridgehead atoms. The maximum Gasteiger partial charge on any atom is 0.341 e. The predicted octanol–water partition coefficient (Wildman–Crippen LogP) is 5.74. The number of anilines is 2. The first-order valence-electron chi connectivity index (χ1n) is 9.49. The fourth-order valence-corrected chi connectivity index (χ4v) is 4.86. The van der Waals surface area contributed by atoms with Gasteiger partial charge in [0, 0.05) is 10.6 Å². The summed E-state index contributed by atoms with van der Waals surface area (Å²) in [6.07, 6.45) is 4.23. The van der Waals surface area contributed by atoms with Crippen molar-refractivity contribution < 1.29 is 9.53 Å². The van der Waals surface area contributed by atoms with Gasteiger partial charge in [0.2, 0.25) is 0 Å². The van der Waals surface area contributed by atoms with Crippen LogP contribution in [0.2, 0.25) is 0 Å². The third-order valence-electron chi connectivity index (χ3n) is 4.71. The lowest BCUT2D eigenvalue weighted by Gasteiger charge is -2.13. The minimum atomic E-state index is -0.261. The van der Waals surface area contributed by atoms with Crippen molar-refractivity contribution >= 4 is 45.3 Å². The van der Waals surface area contributed by atoms with Gasteiger partial charge in [0.25, 0.3) is 0 Å². The standard InChI is InChI=1S/C21H26N2O2S2/c1-4-25-20(24)18-16-7-5-6-8-17(16)27-19(18)23-21(26)22-15-11-9-14(10-12-15)13(2)3/h9-13H,4-8H2,1-3H3,(H2,22,23,26). The summed E-state index contributed by atoms with van der Waals surface area (Å²) in [5.41, 5.74) is 4.01. The Kier molecular flexibility index (Phi) is 6.50. The van der Waals surface area contributed by atoms with Gasteiger partial charge in [-0.3, -0.25) is 0 Å². The maximum absolute atomic E-state index is 12.5. The molecule has 0 fully saturated rings. The van der Waals surface area contributed by atoms with Crippen molar-refractivity contribution in [1.29, 1.82) is 0 Å². The van der Waals surface area contributed by atoms with E-state index in [0.717, 1.165) is 35.5 Å². The van der Waals surface area contributed by atoms with Crippen LogP contribution in [0.5, 0.6) is 0 Å². The number of ether oxygens (including phenoxy) is 1. The molecule has 4 nitrogen and oxygen atoms in total. The normalized spacial score (nSPS) is 13.2.